The van der Waals surface area contributed by atoms with Crippen LogP contribution in [0.1, 0.15) is 35.7 Å². The van der Waals surface area contributed by atoms with Crippen LogP contribution >= 0.6 is 0 Å². The Hall–Kier alpha value is -2.89. The standard InChI is InChI=1S/C21H25N3O3/c1-16-10-13-23(14-11-16)19-8-7-18(15-20(19)24(26)27)21(25)22-12-9-17-5-3-2-4-6-17/h2-8,15-16H,9-14H2,1H3,(H,22,25). The molecule has 0 bridgehead atoms. The zero-order chi connectivity index (χ0) is 19.2. The second kappa shape index (κ2) is 8.66. The highest BCUT2D eigenvalue weighted by atomic mass is 16.6. The first-order valence-corrected chi connectivity index (χ1v) is 9.40. The fourth-order valence-corrected chi connectivity index (χ4v) is 3.39. The minimum absolute atomic E-state index is 0.000243. The molecule has 1 fully saturated rings. The van der Waals surface area contributed by atoms with Crippen molar-refractivity contribution in [1.29, 1.82) is 0 Å². The summed E-state index contributed by atoms with van der Waals surface area (Å²) < 4.78 is 0. The molecule has 6 nitrogen and oxygen atoms in total. The molecule has 0 radical (unpaired) electrons. The topological polar surface area (TPSA) is 75.5 Å². The SMILES string of the molecule is CC1CCN(c2ccc(C(=O)NCCc3ccccc3)cc2[N+](=O)[O-])CC1. The Balaban J connectivity index is 1.67. The second-order valence-electron chi connectivity index (χ2n) is 7.12. The number of amides is 1. The number of carbonyl (C=O) groups excluding carboxylic acids is 1. The van der Waals surface area contributed by atoms with Gasteiger partial charge in [-0.05, 0) is 42.9 Å². The highest BCUT2D eigenvalue weighted by molar-refractivity contribution is 5.95. The van der Waals surface area contributed by atoms with E-state index < -0.39 is 4.92 Å². The van der Waals surface area contributed by atoms with Gasteiger partial charge < -0.3 is 10.2 Å². The lowest BCUT2D eigenvalue weighted by Gasteiger charge is -2.31. The zero-order valence-corrected chi connectivity index (χ0v) is 15.6. The molecule has 6 heteroatoms. The molecule has 0 aliphatic carbocycles. The summed E-state index contributed by atoms with van der Waals surface area (Å²) in [5.74, 6) is 0.364. The summed E-state index contributed by atoms with van der Waals surface area (Å²) in [6, 6.07) is 14.7. The van der Waals surface area contributed by atoms with Crippen molar-refractivity contribution in [3.8, 4) is 0 Å². The van der Waals surface area contributed by atoms with E-state index in [1.165, 1.54) is 6.07 Å². The van der Waals surface area contributed by atoms with Crippen molar-refractivity contribution in [1.82, 2.24) is 5.32 Å². The lowest BCUT2D eigenvalue weighted by molar-refractivity contribution is -0.384. The van der Waals surface area contributed by atoms with Crippen molar-refractivity contribution in [2.75, 3.05) is 24.5 Å². The highest BCUT2D eigenvalue weighted by Gasteiger charge is 2.24. The van der Waals surface area contributed by atoms with Gasteiger partial charge in [-0.15, -0.1) is 0 Å². The van der Waals surface area contributed by atoms with E-state index in [2.05, 4.69) is 17.1 Å². The minimum atomic E-state index is -0.395. The number of carbonyl (C=O) groups is 1. The normalized spacial score (nSPS) is 14.8. The molecule has 1 saturated heterocycles. The van der Waals surface area contributed by atoms with E-state index in [0.29, 0.717) is 23.7 Å². The number of rotatable bonds is 6. The van der Waals surface area contributed by atoms with E-state index in [0.717, 1.165) is 37.9 Å². The Morgan fingerprint density at radius 3 is 2.56 bits per heavy atom. The third-order valence-electron chi connectivity index (χ3n) is 5.10. The van der Waals surface area contributed by atoms with Crippen molar-refractivity contribution in [2.45, 2.75) is 26.2 Å². The monoisotopic (exact) mass is 367 g/mol. The van der Waals surface area contributed by atoms with Crippen LogP contribution in [0.4, 0.5) is 11.4 Å². The van der Waals surface area contributed by atoms with E-state index in [1.807, 2.05) is 30.3 Å². The molecule has 0 aromatic heterocycles. The number of anilines is 1. The van der Waals surface area contributed by atoms with Gasteiger partial charge in [0.1, 0.15) is 5.69 Å². The van der Waals surface area contributed by atoms with E-state index in [1.54, 1.807) is 12.1 Å². The summed E-state index contributed by atoms with van der Waals surface area (Å²) in [5.41, 5.74) is 2.07. The molecule has 1 amide bonds. The molecule has 2 aromatic carbocycles. The Labute approximate surface area is 159 Å². The summed E-state index contributed by atoms with van der Waals surface area (Å²) in [5, 5.41) is 14.4. The van der Waals surface area contributed by atoms with E-state index >= 15 is 0 Å². The fraction of sp³-hybridized carbons (Fsp3) is 0.381. The number of hydrogen-bond acceptors (Lipinski definition) is 4. The van der Waals surface area contributed by atoms with Crippen molar-refractivity contribution in [2.24, 2.45) is 5.92 Å². The molecule has 1 heterocycles. The minimum Gasteiger partial charge on any atom is -0.366 e. The average molecular weight is 367 g/mol. The van der Waals surface area contributed by atoms with Gasteiger partial charge in [0.2, 0.25) is 0 Å². The van der Waals surface area contributed by atoms with Gasteiger partial charge >= 0.3 is 0 Å². The van der Waals surface area contributed by atoms with Gasteiger partial charge in [0.25, 0.3) is 11.6 Å². The first-order valence-electron chi connectivity index (χ1n) is 9.40. The molecule has 1 N–H and O–H groups in total. The maximum atomic E-state index is 12.4. The van der Waals surface area contributed by atoms with Crippen LogP contribution in [0.2, 0.25) is 0 Å². The first-order chi connectivity index (χ1) is 13.0. The third kappa shape index (κ3) is 4.84. The fourth-order valence-electron chi connectivity index (χ4n) is 3.39. The maximum Gasteiger partial charge on any atom is 0.293 e. The Kier molecular flexibility index (Phi) is 6.06. The number of nitrogens with zero attached hydrogens (tertiary/aromatic N) is 2. The van der Waals surface area contributed by atoms with Crippen LogP contribution in [0.3, 0.4) is 0 Å². The number of nitro groups is 1. The van der Waals surface area contributed by atoms with Crippen molar-refractivity contribution in [3.05, 3.63) is 69.8 Å². The Bertz CT molecular complexity index is 800. The number of nitrogens with one attached hydrogen (secondary N) is 1. The lowest BCUT2D eigenvalue weighted by atomic mass is 9.98. The lowest BCUT2D eigenvalue weighted by Crippen LogP contribution is -2.33. The van der Waals surface area contributed by atoms with Gasteiger partial charge in [0.15, 0.2) is 0 Å². The summed E-state index contributed by atoms with van der Waals surface area (Å²) in [6.45, 7) is 4.31. The second-order valence-corrected chi connectivity index (χ2v) is 7.12. The van der Waals surface area contributed by atoms with Gasteiger partial charge in [-0.2, -0.15) is 0 Å². The van der Waals surface area contributed by atoms with Gasteiger partial charge in [-0.3, -0.25) is 14.9 Å². The molecular formula is C21H25N3O3. The smallest absolute Gasteiger partial charge is 0.293 e. The third-order valence-corrected chi connectivity index (χ3v) is 5.10. The average Bonchev–Trinajstić information content (AvgIpc) is 2.69. The van der Waals surface area contributed by atoms with E-state index in [4.69, 9.17) is 0 Å². The zero-order valence-electron chi connectivity index (χ0n) is 15.6. The predicted octanol–water partition coefficient (Wildman–Crippen LogP) is 3.80. The molecule has 0 saturated carbocycles. The van der Waals surface area contributed by atoms with Crippen LogP contribution in [0.25, 0.3) is 0 Å². The van der Waals surface area contributed by atoms with Crippen LogP contribution < -0.4 is 10.2 Å². The van der Waals surface area contributed by atoms with Crippen LogP contribution in [-0.2, 0) is 6.42 Å². The highest BCUT2D eigenvalue weighted by Crippen LogP contribution is 2.32. The van der Waals surface area contributed by atoms with Crippen molar-refractivity contribution < 1.29 is 9.72 Å². The van der Waals surface area contributed by atoms with E-state index in [9.17, 15) is 14.9 Å². The molecule has 0 atom stereocenters. The Morgan fingerprint density at radius 2 is 1.89 bits per heavy atom. The molecule has 1 aliphatic rings. The van der Waals surface area contributed by atoms with Gasteiger partial charge in [0.05, 0.1) is 4.92 Å². The first kappa shape index (κ1) is 18.9. The van der Waals surface area contributed by atoms with Crippen LogP contribution in [0.5, 0.6) is 0 Å². The largest absolute Gasteiger partial charge is 0.366 e. The van der Waals surface area contributed by atoms with Crippen LogP contribution in [0, 0.1) is 16.0 Å². The molecular weight excluding hydrogens is 342 g/mol. The van der Waals surface area contributed by atoms with Crippen molar-refractivity contribution in [3.63, 3.8) is 0 Å². The molecule has 2 aromatic rings. The Morgan fingerprint density at radius 1 is 1.19 bits per heavy atom. The van der Waals surface area contributed by atoms with Gasteiger partial charge in [0, 0.05) is 31.3 Å². The number of hydrogen-bond donors (Lipinski definition) is 1. The van der Waals surface area contributed by atoms with Gasteiger partial charge in [-0.25, -0.2) is 0 Å². The summed E-state index contributed by atoms with van der Waals surface area (Å²) in [4.78, 5) is 25.6. The van der Waals surface area contributed by atoms with Crippen LogP contribution in [-0.4, -0.2) is 30.5 Å². The molecule has 142 valence electrons. The van der Waals surface area contributed by atoms with Crippen LogP contribution in [0.15, 0.2) is 48.5 Å². The molecule has 1 aliphatic heterocycles. The van der Waals surface area contributed by atoms with Crippen molar-refractivity contribution >= 4 is 17.3 Å². The summed E-state index contributed by atoms with van der Waals surface area (Å²) in [7, 11) is 0. The summed E-state index contributed by atoms with van der Waals surface area (Å²) in [6.07, 6.45) is 2.77. The molecule has 0 spiro atoms. The summed E-state index contributed by atoms with van der Waals surface area (Å²) >= 11 is 0. The molecule has 0 unspecified atom stereocenters. The number of piperidine rings is 1. The molecule has 3 rings (SSSR count). The number of benzene rings is 2. The molecule has 27 heavy (non-hydrogen) atoms. The number of nitro benzene ring substituents is 1. The van der Waals surface area contributed by atoms with E-state index in [-0.39, 0.29) is 11.6 Å². The van der Waals surface area contributed by atoms with Gasteiger partial charge in [-0.1, -0.05) is 37.3 Å². The maximum absolute atomic E-state index is 12.4. The quantitative estimate of drug-likeness (QED) is 0.622. The predicted molar refractivity (Wildman–Crippen MR) is 106 cm³/mol.